The van der Waals surface area contributed by atoms with Crippen LogP contribution in [0.15, 0.2) is 11.0 Å². The first-order chi connectivity index (χ1) is 9.03. The second-order valence-corrected chi connectivity index (χ2v) is 4.32. The lowest BCUT2D eigenvalue weighted by atomic mass is 10.0. The maximum Gasteiger partial charge on any atom is 0.292 e. The Labute approximate surface area is 114 Å². The van der Waals surface area contributed by atoms with Gasteiger partial charge in [0.15, 0.2) is 0 Å². The fourth-order valence-corrected chi connectivity index (χ4v) is 1.49. The second kappa shape index (κ2) is 6.54. The molecule has 0 aliphatic carbocycles. The molecule has 4 N–H and O–H groups in total. The summed E-state index contributed by atoms with van der Waals surface area (Å²) in [4.78, 5) is 12.0. The van der Waals surface area contributed by atoms with Crippen molar-refractivity contribution < 1.29 is 15.3 Å². The van der Waals surface area contributed by atoms with Crippen LogP contribution in [-0.4, -0.2) is 50.5 Å². The van der Waals surface area contributed by atoms with Crippen LogP contribution in [-0.2, 0) is 6.54 Å². The van der Waals surface area contributed by atoms with Gasteiger partial charge < -0.3 is 20.6 Å². The fourth-order valence-electron chi connectivity index (χ4n) is 1.31. The van der Waals surface area contributed by atoms with Gasteiger partial charge in [0.05, 0.1) is 31.0 Å². The maximum atomic E-state index is 12.0. The van der Waals surface area contributed by atoms with Crippen LogP contribution in [0, 0.1) is 12.3 Å². The summed E-state index contributed by atoms with van der Waals surface area (Å²) < 4.78 is 0.991. The zero-order valence-corrected chi connectivity index (χ0v) is 10.8. The monoisotopic (exact) mass is 287 g/mol. The van der Waals surface area contributed by atoms with Crippen molar-refractivity contribution in [2.75, 3.05) is 25.1 Å². The second-order valence-electron chi connectivity index (χ2n) is 3.91. The van der Waals surface area contributed by atoms with Gasteiger partial charge in [-0.25, -0.2) is 4.68 Å². The predicted molar refractivity (Wildman–Crippen MR) is 70.0 cm³/mol. The highest BCUT2D eigenvalue weighted by molar-refractivity contribution is 6.33. The Kier molecular flexibility index (Phi) is 5.32. The molecule has 0 radical (unpaired) electrons. The normalized spacial score (nSPS) is 11.1. The molecule has 104 valence electrons. The van der Waals surface area contributed by atoms with E-state index in [-0.39, 0.29) is 17.3 Å². The summed E-state index contributed by atoms with van der Waals surface area (Å²) in [5, 5.41) is 33.9. The Morgan fingerprint density at radius 3 is 2.47 bits per heavy atom. The van der Waals surface area contributed by atoms with Gasteiger partial charge in [-0.2, -0.15) is 5.10 Å². The van der Waals surface area contributed by atoms with Crippen molar-refractivity contribution in [3.05, 3.63) is 21.6 Å². The molecule has 1 rings (SSSR count). The summed E-state index contributed by atoms with van der Waals surface area (Å²) in [7, 11) is 0. The van der Waals surface area contributed by atoms with E-state index in [0.29, 0.717) is 0 Å². The number of terminal acetylenes is 1. The average molecular weight is 288 g/mol. The summed E-state index contributed by atoms with van der Waals surface area (Å²) in [6.45, 7) is -1.82. The van der Waals surface area contributed by atoms with Gasteiger partial charge in [0.1, 0.15) is 17.8 Å². The van der Waals surface area contributed by atoms with E-state index in [1.807, 2.05) is 0 Å². The molecular weight excluding hydrogens is 274 g/mol. The van der Waals surface area contributed by atoms with Gasteiger partial charge >= 0.3 is 0 Å². The van der Waals surface area contributed by atoms with Gasteiger partial charge in [0.25, 0.3) is 5.56 Å². The molecule has 1 heterocycles. The molecule has 0 aromatic carbocycles. The molecule has 8 heteroatoms. The third-order valence-electron chi connectivity index (χ3n) is 2.54. The number of nitrogens with zero attached hydrogens (tertiary/aromatic N) is 2. The Balaban J connectivity index is 3.24. The molecule has 0 fully saturated rings. The van der Waals surface area contributed by atoms with Gasteiger partial charge in [0.2, 0.25) is 0 Å². The Morgan fingerprint density at radius 2 is 2.00 bits per heavy atom. The number of halogens is 1. The topological polar surface area (TPSA) is 108 Å². The predicted octanol–water partition coefficient (Wildman–Crippen LogP) is -1.34. The average Bonchev–Trinajstić information content (AvgIpc) is 2.43. The van der Waals surface area contributed by atoms with Gasteiger partial charge in [-0.3, -0.25) is 4.79 Å². The van der Waals surface area contributed by atoms with Gasteiger partial charge in [-0.15, -0.1) is 6.42 Å². The van der Waals surface area contributed by atoms with Gasteiger partial charge in [-0.05, 0) is 0 Å². The fraction of sp³-hybridized carbons (Fsp3) is 0.455. The molecule has 19 heavy (non-hydrogen) atoms. The van der Waals surface area contributed by atoms with E-state index < -0.39 is 30.9 Å². The minimum atomic E-state index is -1.46. The highest BCUT2D eigenvalue weighted by Crippen LogP contribution is 2.19. The van der Waals surface area contributed by atoms with Crippen molar-refractivity contribution in [2.24, 2.45) is 0 Å². The molecule has 7 nitrogen and oxygen atoms in total. The van der Waals surface area contributed by atoms with Gasteiger partial charge in [0, 0.05) is 0 Å². The molecule has 0 aliphatic heterocycles. The first-order valence-electron chi connectivity index (χ1n) is 5.33. The lowest BCUT2D eigenvalue weighted by Gasteiger charge is -2.29. The van der Waals surface area contributed by atoms with Crippen molar-refractivity contribution in [3.63, 3.8) is 0 Å². The quantitative estimate of drug-likeness (QED) is 0.482. The van der Waals surface area contributed by atoms with E-state index in [1.54, 1.807) is 0 Å². The minimum Gasteiger partial charge on any atom is -0.394 e. The Hall–Kier alpha value is -1.59. The van der Waals surface area contributed by atoms with Crippen molar-refractivity contribution in [3.8, 4) is 12.3 Å². The van der Waals surface area contributed by atoms with E-state index in [1.165, 1.54) is 6.20 Å². The van der Waals surface area contributed by atoms with Crippen LogP contribution in [0.1, 0.15) is 0 Å². The SMILES string of the molecule is C#CCn1ncc(Cl)c(NC(CO)(CO)CO)c1=O. The molecule has 0 saturated carbocycles. The maximum absolute atomic E-state index is 12.0. The zero-order chi connectivity index (χ0) is 14.5. The molecule has 1 aromatic heterocycles. The number of nitrogens with one attached hydrogen (secondary N) is 1. The molecule has 0 atom stereocenters. The molecule has 0 saturated heterocycles. The van der Waals surface area contributed by atoms with Crippen molar-refractivity contribution >= 4 is 17.3 Å². The van der Waals surface area contributed by atoms with Crippen molar-refractivity contribution in [1.82, 2.24) is 9.78 Å². The van der Waals surface area contributed by atoms with Gasteiger partial charge in [-0.1, -0.05) is 17.5 Å². The van der Waals surface area contributed by atoms with E-state index in [0.717, 1.165) is 4.68 Å². The summed E-state index contributed by atoms with van der Waals surface area (Å²) in [6.07, 6.45) is 6.31. The Bertz CT molecular complexity index is 525. The summed E-state index contributed by atoms with van der Waals surface area (Å²) in [5.74, 6) is 2.26. The lowest BCUT2D eigenvalue weighted by Crippen LogP contribution is -2.50. The number of aromatic nitrogens is 2. The van der Waals surface area contributed by atoms with E-state index in [9.17, 15) is 20.1 Å². The molecule has 0 unspecified atom stereocenters. The number of hydrogen-bond donors (Lipinski definition) is 4. The van der Waals surface area contributed by atoms with Crippen molar-refractivity contribution in [2.45, 2.75) is 12.1 Å². The molecule has 0 aliphatic rings. The Morgan fingerprint density at radius 1 is 1.42 bits per heavy atom. The van der Waals surface area contributed by atoms with Crippen LogP contribution in [0.2, 0.25) is 5.02 Å². The first kappa shape index (κ1) is 15.5. The van der Waals surface area contributed by atoms with Crippen LogP contribution < -0.4 is 10.9 Å². The summed E-state index contributed by atoms with van der Waals surface area (Å²) in [6, 6.07) is 0. The lowest BCUT2D eigenvalue weighted by molar-refractivity contribution is 0.0832. The zero-order valence-electron chi connectivity index (χ0n) is 10.0. The summed E-state index contributed by atoms with van der Waals surface area (Å²) >= 11 is 5.84. The van der Waals surface area contributed by atoms with Crippen LogP contribution >= 0.6 is 11.6 Å². The van der Waals surface area contributed by atoms with Crippen LogP contribution in [0.4, 0.5) is 5.69 Å². The largest absolute Gasteiger partial charge is 0.394 e. The smallest absolute Gasteiger partial charge is 0.292 e. The number of aliphatic hydroxyl groups excluding tert-OH is 3. The van der Waals surface area contributed by atoms with Crippen LogP contribution in [0.25, 0.3) is 0 Å². The highest BCUT2D eigenvalue weighted by Gasteiger charge is 2.30. The third kappa shape index (κ3) is 3.24. The summed E-state index contributed by atoms with van der Waals surface area (Å²) in [5.41, 5.74) is -2.16. The number of anilines is 1. The first-order valence-corrected chi connectivity index (χ1v) is 5.71. The number of aliphatic hydroxyl groups is 3. The molecule has 0 bridgehead atoms. The van der Waals surface area contributed by atoms with E-state index >= 15 is 0 Å². The molecule has 0 spiro atoms. The van der Waals surface area contributed by atoms with E-state index in [4.69, 9.17) is 18.0 Å². The van der Waals surface area contributed by atoms with Crippen molar-refractivity contribution in [1.29, 1.82) is 0 Å². The minimum absolute atomic E-state index is 0.00186. The third-order valence-corrected chi connectivity index (χ3v) is 2.82. The molecule has 1 aromatic rings. The van der Waals surface area contributed by atoms with Crippen LogP contribution in [0.3, 0.4) is 0 Å². The number of rotatable bonds is 6. The highest BCUT2D eigenvalue weighted by atomic mass is 35.5. The van der Waals surface area contributed by atoms with E-state index in [2.05, 4.69) is 16.3 Å². The molecule has 0 amide bonds. The van der Waals surface area contributed by atoms with Crippen LogP contribution in [0.5, 0.6) is 0 Å². The molecular formula is C11H14ClN3O4. The number of hydrogen-bond acceptors (Lipinski definition) is 6. The standard InChI is InChI=1S/C11H14ClN3O4/c1-2-3-15-10(19)9(8(12)4-13-15)14-11(5-16,6-17)7-18/h1,4,14,16-18H,3,5-7H2.